The maximum atomic E-state index is 14.9. The van der Waals surface area contributed by atoms with Crippen molar-refractivity contribution in [2.75, 3.05) is 13.2 Å². The molecule has 1 unspecified atom stereocenters. The number of rotatable bonds is 5. The molecule has 6 nitrogen and oxygen atoms in total. The summed E-state index contributed by atoms with van der Waals surface area (Å²) in [6.45, 7) is 3.01. The number of carbonyl (C=O) groups excluding carboxylic acids is 2. The number of aromatic nitrogens is 1. The summed E-state index contributed by atoms with van der Waals surface area (Å²) in [5.41, 5.74) is 1.20. The second-order valence-corrected chi connectivity index (χ2v) is 7.12. The van der Waals surface area contributed by atoms with Crippen molar-refractivity contribution in [3.05, 3.63) is 64.1 Å². The summed E-state index contributed by atoms with van der Waals surface area (Å²) >= 11 is 6.00. The van der Waals surface area contributed by atoms with Gasteiger partial charge in [0.15, 0.2) is 11.6 Å². The summed E-state index contributed by atoms with van der Waals surface area (Å²) in [5.74, 6) is -3.17. The van der Waals surface area contributed by atoms with E-state index >= 15 is 0 Å². The molecule has 0 radical (unpaired) electrons. The van der Waals surface area contributed by atoms with Gasteiger partial charge in [0.25, 0.3) is 5.91 Å². The lowest BCUT2D eigenvalue weighted by Crippen LogP contribution is -2.30. The van der Waals surface area contributed by atoms with Gasteiger partial charge in [0, 0.05) is 28.2 Å². The van der Waals surface area contributed by atoms with Gasteiger partial charge >= 0.3 is 0 Å². The molecule has 0 fully saturated rings. The number of carbonyl (C=O) groups is 2. The topological polar surface area (TPSA) is 91.6 Å². The number of aromatic hydroxyl groups is 1. The molecule has 2 aromatic carbocycles. The van der Waals surface area contributed by atoms with Gasteiger partial charge < -0.3 is 15.5 Å². The maximum absolute atomic E-state index is 14.9. The van der Waals surface area contributed by atoms with Crippen molar-refractivity contribution < 1.29 is 24.2 Å². The number of hydrogen-bond acceptors (Lipinski definition) is 4. The first-order valence-electron chi connectivity index (χ1n) is 8.99. The van der Waals surface area contributed by atoms with E-state index in [2.05, 4.69) is 5.32 Å². The van der Waals surface area contributed by atoms with Crippen LogP contribution in [0.5, 0.6) is 5.75 Å². The Balaban J connectivity index is 2.25. The first-order valence-corrected chi connectivity index (χ1v) is 9.37. The van der Waals surface area contributed by atoms with Crippen molar-refractivity contribution in [1.82, 2.24) is 9.88 Å². The molecular weight excluding hydrogens is 399 g/mol. The molecule has 1 aromatic heterocycles. The highest BCUT2D eigenvalue weighted by Crippen LogP contribution is 2.37. The smallest absolute Gasteiger partial charge is 0.262 e. The van der Waals surface area contributed by atoms with Crippen molar-refractivity contribution in [3.8, 4) is 5.75 Å². The molecule has 1 heterocycles. The third-order valence-corrected chi connectivity index (χ3v) is 5.08. The van der Waals surface area contributed by atoms with Crippen LogP contribution in [0, 0.1) is 12.7 Å². The quantitative estimate of drug-likeness (QED) is 0.592. The number of benzene rings is 2. The van der Waals surface area contributed by atoms with Gasteiger partial charge in [-0.05, 0) is 49.7 Å². The van der Waals surface area contributed by atoms with Gasteiger partial charge in [-0.2, -0.15) is 0 Å². The lowest BCUT2D eigenvalue weighted by Gasteiger charge is -2.13. The minimum Gasteiger partial charge on any atom is -0.505 e. The number of nitrogens with zero attached hydrogens (tertiary/aromatic N) is 1. The maximum Gasteiger partial charge on any atom is 0.262 e. The van der Waals surface area contributed by atoms with Crippen LogP contribution < -0.4 is 5.32 Å². The van der Waals surface area contributed by atoms with Crippen LogP contribution in [0.15, 0.2) is 36.4 Å². The van der Waals surface area contributed by atoms with Crippen LogP contribution in [-0.2, 0) is 4.79 Å². The SMILES string of the molecule is Cc1c(C(C)C(=O)NCCO)c2c(F)c(O)ccc2n1C(=O)c1cccc(Cl)c1. The fourth-order valence-electron chi connectivity index (χ4n) is 3.48. The highest BCUT2D eigenvalue weighted by atomic mass is 35.5. The van der Waals surface area contributed by atoms with Crippen molar-refractivity contribution in [2.24, 2.45) is 0 Å². The van der Waals surface area contributed by atoms with E-state index in [1.807, 2.05) is 0 Å². The number of halogens is 2. The van der Waals surface area contributed by atoms with Crippen molar-refractivity contribution in [2.45, 2.75) is 19.8 Å². The Labute approximate surface area is 171 Å². The monoisotopic (exact) mass is 418 g/mol. The fourth-order valence-corrected chi connectivity index (χ4v) is 3.68. The van der Waals surface area contributed by atoms with E-state index < -0.39 is 29.3 Å². The molecule has 0 saturated heterocycles. The first kappa shape index (κ1) is 20.8. The second-order valence-electron chi connectivity index (χ2n) is 6.68. The Hall–Kier alpha value is -2.90. The van der Waals surface area contributed by atoms with Crippen LogP contribution in [0.1, 0.15) is 34.5 Å². The Kier molecular flexibility index (Phi) is 5.91. The lowest BCUT2D eigenvalue weighted by molar-refractivity contribution is -0.122. The largest absolute Gasteiger partial charge is 0.505 e. The molecule has 0 aliphatic carbocycles. The van der Waals surface area contributed by atoms with Gasteiger partial charge in [0.05, 0.1) is 18.0 Å². The average Bonchev–Trinajstić information content (AvgIpc) is 3.00. The average molecular weight is 419 g/mol. The van der Waals surface area contributed by atoms with Crippen LogP contribution >= 0.6 is 11.6 Å². The summed E-state index contributed by atoms with van der Waals surface area (Å²) < 4.78 is 16.2. The number of aliphatic hydroxyl groups excluding tert-OH is 1. The third-order valence-electron chi connectivity index (χ3n) is 4.85. The molecule has 29 heavy (non-hydrogen) atoms. The zero-order valence-electron chi connectivity index (χ0n) is 15.9. The molecule has 3 rings (SSSR count). The molecule has 1 amide bonds. The summed E-state index contributed by atoms with van der Waals surface area (Å²) in [6, 6.07) is 8.96. The van der Waals surface area contributed by atoms with E-state index in [1.54, 1.807) is 32.0 Å². The number of amides is 1. The van der Waals surface area contributed by atoms with Crippen LogP contribution in [0.3, 0.4) is 0 Å². The minimum absolute atomic E-state index is 0.00419. The number of nitrogens with one attached hydrogen (secondary N) is 1. The number of hydrogen-bond donors (Lipinski definition) is 3. The molecule has 3 aromatic rings. The van der Waals surface area contributed by atoms with Crippen LogP contribution in [-0.4, -0.2) is 39.7 Å². The zero-order chi connectivity index (χ0) is 21.3. The molecule has 1 atom stereocenters. The van der Waals surface area contributed by atoms with Crippen molar-refractivity contribution in [1.29, 1.82) is 0 Å². The summed E-state index contributed by atoms with van der Waals surface area (Å²) in [6.07, 6.45) is 0. The molecule has 0 aliphatic heterocycles. The highest BCUT2D eigenvalue weighted by Gasteiger charge is 2.29. The van der Waals surface area contributed by atoms with Crippen LogP contribution in [0.4, 0.5) is 4.39 Å². The van der Waals surface area contributed by atoms with E-state index in [1.165, 1.54) is 22.8 Å². The van der Waals surface area contributed by atoms with E-state index in [9.17, 15) is 19.1 Å². The molecule has 0 saturated carbocycles. The number of fused-ring (bicyclic) bond motifs is 1. The Morgan fingerprint density at radius 2 is 2.00 bits per heavy atom. The predicted octanol–water partition coefficient (Wildman–Crippen LogP) is 3.35. The molecular formula is C21H20ClFN2O4. The van der Waals surface area contributed by atoms with Gasteiger partial charge in [-0.25, -0.2) is 4.39 Å². The summed E-state index contributed by atoms with van der Waals surface area (Å²) in [5, 5.41) is 21.7. The minimum atomic E-state index is -0.903. The fraction of sp³-hybridized carbons (Fsp3) is 0.238. The van der Waals surface area contributed by atoms with E-state index in [-0.39, 0.29) is 24.1 Å². The molecule has 0 aliphatic rings. The zero-order valence-corrected chi connectivity index (χ0v) is 16.6. The summed E-state index contributed by atoms with van der Waals surface area (Å²) in [7, 11) is 0. The summed E-state index contributed by atoms with van der Waals surface area (Å²) in [4.78, 5) is 25.7. The van der Waals surface area contributed by atoms with Crippen molar-refractivity contribution >= 4 is 34.3 Å². The van der Waals surface area contributed by atoms with E-state index in [0.717, 1.165) is 0 Å². The van der Waals surface area contributed by atoms with Gasteiger partial charge in [-0.15, -0.1) is 0 Å². The Bertz CT molecular complexity index is 1110. The highest BCUT2D eigenvalue weighted by molar-refractivity contribution is 6.31. The van der Waals surface area contributed by atoms with Crippen molar-refractivity contribution in [3.63, 3.8) is 0 Å². The Morgan fingerprint density at radius 1 is 1.28 bits per heavy atom. The van der Waals surface area contributed by atoms with Gasteiger partial charge in [0.1, 0.15) is 0 Å². The first-order chi connectivity index (χ1) is 13.8. The number of phenolic OH excluding ortho intramolecular Hbond substituents is 1. The van der Waals surface area contributed by atoms with Gasteiger partial charge in [-0.3, -0.25) is 14.2 Å². The Morgan fingerprint density at radius 3 is 2.66 bits per heavy atom. The molecule has 3 N–H and O–H groups in total. The standard InChI is InChI=1S/C21H20ClFN2O4/c1-11(20(28)24-8-9-26)17-12(2)25(15-6-7-16(27)19(23)18(15)17)21(29)13-4-3-5-14(22)10-13/h3-7,10-11,26-27H,8-9H2,1-2H3,(H,24,28). The molecule has 152 valence electrons. The van der Waals surface area contributed by atoms with Crippen LogP contribution in [0.25, 0.3) is 10.9 Å². The van der Waals surface area contributed by atoms with Gasteiger partial charge in [-0.1, -0.05) is 17.7 Å². The second kappa shape index (κ2) is 8.23. The molecule has 0 spiro atoms. The molecule has 0 bridgehead atoms. The predicted molar refractivity (Wildman–Crippen MR) is 108 cm³/mol. The number of phenols is 1. The lowest BCUT2D eigenvalue weighted by atomic mass is 9.96. The van der Waals surface area contributed by atoms with E-state index in [0.29, 0.717) is 21.8 Å². The third kappa shape index (κ3) is 3.71. The molecule has 8 heteroatoms. The number of aliphatic hydroxyl groups is 1. The van der Waals surface area contributed by atoms with Crippen LogP contribution in [0.2, 0.25) is 5.02 Å². The van der Waals surface area contributed by atoms with E-state index in [4.69, 9.17) is 16.7 Å². The normalized spacial score (nSPS) is 12.2. The van der Waals surface area contributed by atoms with Gasteiger partial charge in [0.2, 0.25) is 5.91 Å².